The maximum atomic E-state index is 12.0. The van der Waals surface area contributed by atoms with Gasteiger partial charge in [0.1, 0.15) is 5.01 Å². The smallest absolute Gasteiger partial charge is 0.226 e. The van der Waals surface area contributed by atoms with Crippen molar-refractivity contribution in [1.29, 1.82) is 0 Å². The number of thiazole rings is 1. The topological polar surface area (TPSA) is 57.3 Å². The van der Waals surface area contributed by atoms with Gasteiger partial charge in [-0.3, -0.25) is 9.69 Å². The zero-order valence-electron chi connectivity index (χ0n) is 12.4. The van der Waals surface area contributed by atoms with Gasteiger partial charge in [0.15, 0.2) is 0 Å². The minimum absolute atomic E-state index is 0.0539. The minimum Gasteiger partial charge on any atom is -0.354 e. The molecule has 118 valence electrons. The highest BCUT2D eigenvalue weighted by Gasteiger charge is 2.11. The number of hydrogen-bond donors (Lipinski definition) is 2. The Hall–Kier alpha value is -1.28. The van der Waals surface area contributed by atoms with E-state index < -0.39 is 0 Å². The molecule has 1 aliphatic heterocycles. The molecule has 1 amide bonds. The Morgan fingerprint density at radius 1 is 1.36 bits per heavy atom. The van der Waals surface area contributed by atoms with Gasteiger partial charge >= 0.3 is 0 Å². The largest absolute Gasteiger partial charge is 0.354 e. The van der Waals surface area contributed by atoms with Crippen molar-refractivity contribution in [2.45, 2.75) is 6.42 Å². The van der Waals surface area contributed by atoms with Crippen molar-refractivity contribution in [3.05, 3.63) is 28.6 Å². The lowest BCUT2D eigenvalue weighted by Gasteiger charge is -2.27. The molecular weight excluding hydrogens is 316 g/mol. The molecule has 1 saturated heterocycles. The highest BCUT2D eigenvalue weighted by atomic mass is 32.1. The molecule has 0 bridgehead atoms. The van der Waals surface area contributed by atoms with E-state index >= 15 is 0 Å². The highest BCUT2D eigenvalue weighted by Crippen LogP contribution is 2.27. The van der Waals surface area contributed by atoms with E-state index in [-0.39, 0.29) is 5.91 Å². The Kier molecular flexibility index (Phi) is 5.55. The predicted octanol–water partition coefficient (Wildman–Crippen LogP) is 1.44. The molecule has 3 rings (SSSR count). The van der Waals surface area contributed by atoms with Gasteiger partial charge in [-0.05, 0) is 11.4 Å². The fourth-order valence-corrected chi connectivity index (χ4v) is 4.05. The van der Waals surface area contributed by atoms with Crippen LogP contribution < -0.4 is 10.6 Å². The Balaban J connectivity index is 1.42. The first-order valence-corrected chi connectivity index (χ1v) is 9.25. The maximum Gasteiger partial charge on any atom is 0.226 e. The van der Waals surface area contributed by atoms with Crippen LogP contribution >= 0.6 is 22.7 Å². The summed E-state index contributed by atoms with van der Waals surface area (Å²) in [6.45, 7) is 5.83. The molecule has 2 aromatic heterocycles. The van der Waals surface area contributed by atoms with Gasteiger partial charge in [0.05, 0.1) is 17.0 Å². The molecule has 7 heteroatoms. The first kappa shape index (κ1) is 15.6. The van der Waals surface area contributed by atoms with Crippen molar-refractivity contribution < 1.29 is 4.79 Å². The van der Waals surface area contributed by atoms with Crippen LogP contribution in [0.5, 0.6) is 0 Å². The molecule has 1 aliphatic rings. The van der Waals surface area contributed by atoms with E-state index in [9.17, 15) is 4.79 Å². The first-order valence-electron chi connectivity index (χ1n) is 7.49. The lowest BCUT2D eigenvalue weighted by Crippen LogP contribution is -2.46. The summed E-state index contributed by atoms with van der Waals surface area (Å²) >= 11 is 3.27. The average molecular weight is 336 g/mol. The molecular formula is C15H20N4OS2. The summed E-state index contributed by atoms with van der Waals surface area (Å²) in [4.78, 5) is 20.0. The van der Waals surface area contributed by atoms with Crippen LogP contribution in [0.2, 0.25) is 0 Å². The molecule has 0 spiro atoms. The van der Waals surface area contributed by atoms with E-state index in [2.05, 4.69) is 26.6 Å². The van der Waals surface area contributed by atoms with E-state index in [1.807, 2.05) is 16.8 Å². The Bertz CT molecular complexity index is 590. The number of amides is 1. The maximum absolute atomic E-state index is 12.0. The fraction of sp³-hybridized carbons (Fsp3) is 0.467. The summed E-state index contributed by atoms with van der Waals surface area (Å²) in [7, 11) is 0. The molecule has 1 fully saturated rings. The third-order valence-electron chi connectivity index (χ3n) is 3.59. The summed E-state index contributed by atoms with van der Waals surface area (Å²) in [5.74, 6) is 0.0539. The number of nitrogens with one attached hydrogen (secondary N) is 2. The second kappa shape index (κ2) is 7.82. The summed E-state index contributed by atoms with van der Waals surface area (Å²) in [5, 5.41) is 11.3. The van der Waals surface area contributed by atoms with Crippen molar-refractivity contribution in [2.75, 3.05) is 39.3 Å². The van der Waals surface area contributed by atoms with E-state index in [1.54, 1.807) is 22.7 Å². The molecule has 0 aromatic carbocycles. The van der Waals surface area contributed by atoms with E-state index in [0.29, 0.717) is 13.0 Å². The van der Waals surface area contributed by atoms with Gasteiger partial charge in [0.2, 0.25) is 5.91 Å². The van der Waals surface area contributed by atoms with Gasteiger partial charge in [0, 0.05) is 44.6 Å². The van der Waals surface area contributed by atoms with Crippen molar-refractivity contribution in [3.63, 3.8) is 0 Å². The van der Waals surface area contributed by atoms with E-state index in [0.717, 1.165) is 48.3 Å². The van der Waals surface area contributed by atoms with Crippen molar-refractivity contribution in [3.8, 4) is 9.88 Å². The molecule has 2 N–H and O–H groups in total. The van der Waals surface area contributed by atoms with Gasteiger partial charge < -0.3 is 10.6 Å². The number of carbonyl (C=O) groups is 1. The monoisotopic (exact) mass is 336 g/mol. The summed E-state index contributed by atoms with van der Waals surface area (Å²) in [5.41, 5.74) is 0.855. The van der Waals surface area contributed by atoms with Crippen LogP contribution in [0.1, 0.15) is 5.69 Å². The van der Waals surface area contributed by atoms with E-state index in [4.69, 9.17) is 0 Å². The zero-order valence-corrected chi connectivity index (χ0v) is 14.0. The third kappa shape index (κ3) is 4.36. The predicted molar refractivity (Wildman–Crippen MR) is 91.5 cm³/mol. The molecule has 0 aliphatic carbocycles. The lowest BCUT2D eigenvalue weighted by molar-refractivity contribution is -0.120. The Morgan fingerprint density at radius 3 is 3.00 bits per heavy atom. The molecule has 0 saturated carbocycles. The number of nitrogens with zero attached hydrogens (tertiary/aromatic N) is 2. The van der Waals surface area contributed by atoms with Crippen LogP contribution in [-0.4, -0.2) is 55.1 Å². The quantitative estimate of drug-likeness (QED) is 0.838. The Morgan fingerprint density at radius 2 is 2.23 bits per heavy atom. The molecule has 22 heavy (non-hydrogen) atoms. The standard InChI is InChI=1S/C15H20N4OS2/c20-14(17-5-8-19-6-3-16-4-7-19)10-12-11-22-15(18-12)13-2-1-9-21-13/h1-2,9,11,16H,3-8,10H2,(H,17,20). The third-order valence-corrected chi connectivity index (χ3v) is 5.52. The van der Waals surface area contributed by atoms with Crippen molar-refractivity contribution in [2.24, 2.45) is 0 Å². The zero-order chi connectivity index (χ0) is 15.2. The first-order chi connectivity index (χ1) is 10.8. The summed E-state index contributed by atoms with van der Waals surface area (Å²) in [6, 6.07) is 4.07. The molecule has 0 unspecified atom stereocenters. The second-order valence-electron chi connectivity index (χ2n) is 5.24. The van der Waals surface area contributed by atoms with Gasteiger partial charge in [-0.15, -0.1) is 22.7 Å². The van der Waals surface area contributed by atoms with Crippen molar-refractivity contribution >= 4 is 28.6 Å². The molecule has 3 heterocycles. The number of hydrogen-bond acceptors (Lipinski definition) is 6. The van der Waals surface area contributed by atoms with Crippen LogP contribution in [0.25, 0.3) is 9.88 Å². The molecule has 0 radical (unpaired) electrons. The fourth-order valence-electron chi connectivity index (χ4n) is 2.42. The van der Waals surface area contributed by atoms with Crippen LogP contribution in [0.3, 0.4) is 0 Å². The van der Waals surface area contributed by atoms with Gasteiger partial charge in [0.25, 0.3) is 0 Å². The van der Waals surface area contributed by atoms with Crippen LogP contribution in [0.15, 0.2) is 22.9 Å². The summed E-state index contributed by atoms with van der Waals surface area (Å²) in [6.07, 6.45) is 0.365. The Labute approximate surface area is 138 Å². The number of carbonyl (C=O) groups excluding carboxylic acids is 1. The van der Waals surface area contributed by atoms with E-state index in [1.165, 1.54) is 0 Å². The normalized spacial score (nSPS) is 15.8. The summed E-state index contributed by atoms with van der Waals surface area (Å²) < 4.78 is 0. The molecule has 2 aromatic rings. The number of piperazine rings is 1. The van der Waals surface area contributed by atoms with Gasteiger partial charge in [-0.25, -0.2) is 4.98 Å². The lowest BCUT2D eigenvalue weighted by atomic mass is 10.3. The minimum atomic E-state index is 0.0539. The van der Waals surface area contributed by atoms with Gasteiger partial charge in [-0.2, -0.15) is 0 Å². The van der Waals surface area contributed by atoms with Crippen LogP contribution in [0, 0.1) is 0 Å². The number of thiophene rings is 1. The highest BCUT2D eigenvalue weighted by molar-refractivity contribution is 7.20. The second-order valence-corrected chi connectivity index (χ2v) is 7.05. The van der Waals surface area contributed by atoms with Gasteiger partial charge in [-0.1, -0.05) is 6.07 Å². The van der Waals surface area contributed by atoms with Crippen molar-refractivity contribution in [1.82, 2.24) is 20.5 Å². The number of rotatable bonds is 6. The average Bonchev–Trinajstić information content (AvgIpc) is 3.19. The molecule has 5 nitrogen and oxygen atoms in total. The van der Waals surface area contributed by atoms with Crippen LogP contribution in [-0.2, 0) is 11.2 Å². The number of aromatic nitrogens is 1. The van der Waals surface area contributed by atoms with Crippen LogP contribution in [0.4, 0.5) is 0 Å². The molecule has 0 atom stereocenters. The SMILES string of the molecule is O=C(Cc1csc(-c2cccs2)n1)NCCN1CCNCC1.